The molecule has 2 rings (SSSR count). The van der Waals surface area contributed by atoms with Crippen molar-refractivity contribution in [3.63, 3.8) is 0 Å². The quantitative estimate of drug-likeness (QED) is 0.918. The average molecular weight is 259 g/mol. The molecule has 1 unspecified atom stereocenters. The molecule has 0 aliphatic rings. The lowest BCUT2D eigenvalue weighted by Crippen LogP contribution is -2.18. The van der Waals surface area contributed by atoms with Gasteiger partial charge in [0.2, 0.25) is 0 Å². The van der Waals surface area contributed by atoms with Crippen molar-refractivity contribution in [2.45, 2.75) is 32.9 Å². The maximum absolute atomic E-state index is 6.37. The van der Waals surface area contributed by atoms with E-state index in [1.54, 1.807) is 0 Å². The summed E-state index contributed by atoms with van der Waals surface area (Å²) in [6.07, 6.45) is 0.127. The number of aromatic nitrogens is 2. The van der Waals surface area contributed by atoms with E-state index >= 15 is 0 Å². The Balaban J connectivity index is 2.38. The van der Waals surface area contributed by atoms with E-state index in [1.165, 1.54) is 0 Å². The van der Waals surface area contributed by atoms with E-state index in [0.29, 0.717) is 0 Å². The molecule has 2 aromatic rings. The highest BCUT2D eigenvalue weighted by Gasteiger charge is 2.18. The second-order valence-corrected chi connectivity index (χ2v) is 5.02. The number of aryl methyl sites for hydroxylation is 2. The van der Waals surface area contributed by atoms with Crippen LogP contribution in [0, 0.1) is 6.92 Å². The average Bonchev–Trinajstić information content (AvgIpc) is 2.67. The number of nitrogens with zero attached hydrogens (tertiary/aromatic N) is 2. The van der Waals surface area contributed by atoms with E-state index in [4.69, 9.17) is 10.5 Å². The minimum atomic E-state index is -0.235. The molecule has 1 aromatic heterocycles. The molecule has 0 aliphatic carbocycles. The molecule has 1 atom stereocenters. The summed E-state index contributed by atoms with van der Waals surface area (Å²) in [5.74, 6) is 0.837. The van der Waals surface area contributed by atoms with E-state index in [2.05, 4.69) is 5.10 Å². The molecule has 0 radical (unpaired) electrons. The maximum atomic E-state index is 6.37. The number of nitrogens with two attached hydrogens (primary N) is 1. The minimum absolute atomic E-state index is 0.127. The summed E-state index contributed by atoms with van der Waals surface area (Å²) in [5.41, 5.74) is 9.30. The highest BCUT2D eigenvalue weighted by Crippen LogP contribution is 2.29. The Morgan fingerprint density at radius 2 is 1.95 bits per heavy atom. The number of rotatable bonds is 4. The fourth-order valence-corrected chi connectivity index (χ4v) is 2.18. The van der Waals surface area contributed by atoms with Gasteiger partial charge in [-0.05, 0) is 32.9 Å². The minimum Gasteiger partial charge on any atom is -0.491 e. The molecule has 0 amide bonds. The molecule has 102 valence electrons. The van der Waals surface area contributed by atoms with Gasteiger partial charge < -0.3 is 10.5 Å². The summed E-state index contributed by atoms with van der Waals surface area (Å²) in [6, 6.07) is 9.68. The molecule has 4 nitrogen and oxygen atoms in total. The van der Waals surface area contributed by atoms with Crippen LogP contribution in [0.1, 0.15) is 36.8 Å². The van der Waals surface area contributed by atoms with Crippen molar-refractivity contribution < 1.29 is 4.74 Å². The summed E-state index contributed by atoms with van der Waals surface area (Å²) in [5, 5.41) is 4.34. The lowest BCUT2D eigenvalue weighted by atomic mass is 10.0. The van der Waals surface area contributed by atoms with Crippen molar-refractivity contribution in [3.8, 4) is 5.75 Å². The van der Waals surface area contributed by atoms with Gasteiger partial charge in [-0.15, -0.1) is 0 Å². The first-order valence-electron chi connectivity index (χ1n) is 6.50. The maximum Gasteiger partial charge on any atom is 0.124 e. The van der Waals surface area contributed by atoms with Crippen LogP contribution in [0.15, 0.2) is 30.3 Å². The van der Waals surface area contributed by atoms with Crippen LogP contribution < -0.4 is 10.5 Å². The summed E-state index contributed by atoms with van der Waals surface area (Å²) < 4.78 is 7.65. The van der Waals surface area contributed by atoms with E-state index in [9.17, 15) is 0 Å². The van der Waals surface area contributed by atoms with Crippen LogP contribution in [-0.2, 0) is 7.05 Å². The molecule has 19 heavy (non-hydrogen) atoms. The molecular formula is C15H21N3O. The van der Waals surface area contributed by atoms with Gasteiger partial charge in [0.15, 0.2) is 0 Å². The summed E-state index contributed by atoms with van der Waals surface area (Å²) in [4.78, 5) is 0. The third-order valence-corrected chi connectivity index (χ3v) is 2.97. The van der Waals surface area contributed by atoms with Crippen LogP contribution >= 0.6 is 0 Å². The van der Waals surface area contributed by atoms with Gasteiger partial charge in [-0.2, -0.15) is 5.10 Å². The van der Waals surface area contributed by atoms with E-state index in [1.807, 2.05) is 62.8 Å². The summed E-state index contributed by atoms with van der Waals surface area (Å²) >= 11 is 0. The lowest BCUT2D eigenvalue weighted by molar-refractivity contribution is 0.239. The second kappa shape index (κ2) is 5.45. The van der Waals surface area contributed by atoms with Crippen molar-refractivity contribution in [1.82, 2.24) is 9.78 Å². The topological polar surface area (TPSA) is 53.1 Å². The molecule has 0 aliphatic heterocycles. The number of hydrogen-bond acceptors (Lipinski definition) is 3. The largest absolute Gasteiger partial charge is 0.491 e. The molecule has 1 heterocycles. The highest BCUT2D eigenvalue weighted by atomic mass is 16.5. The molecular weight excluding hydrogens is 238 g/mol. The van der Waals surface area contributed by atoms with Gasteiger partial charge in [0.25, 0.3) is 0 Å². The van der Waals surface area contributed by atoms with Gasteiger partial charge in [-0.1, -0.05) is 18.2 Å². The standard InChI is InChI=1S/C15H21N3O/c1-10(2)19-14-8-6-5-7-12(14)15(16)13-9-11(3)17-18(13)4/h5-10,15H,16H2,1-4H3. The zero-order valence-electron chi connectivity index (χ0n) is 11.9. The number of benzene rings is 1. The third kappa shape index (κ3) is 2.96. The van der Waals surface area contributed by atoms with Crippen molar-refractivity contribution in [3.05, 3.63) is 47.3 Å². The van der Waals surface area contributed by atoms with Gasteiger partial charge in [0.1, 0.15) is 5.75 Å². The second-order valence-electron chi connectivity index (χ2n) is 5.02. The Bertz CT molecular complexity index is 560. The van der Waals surface area contributed by atoms with Gasteiger partial charge in [0, 0.05) is 12.6 Å². The molecule has 0 spiro atoms. The summed E-state index contributed by atoms with van der Waals surface area (Å²) in [7, 11) is 1.91. The smallest absolute Gasteiger partial charge is 0.124 e. The van der Waals surface area contributed by atoms with Crippen LogP contribution in [0.2, 0.25) is 0 Å². The zero-order chi connectivity index (χ0) is 14.0. The Morgan fingerprint density at radius 1 is 1.26 bits per heavy atom. The van der Waals surface area contributed by atoms with Crippen LogP contribution in [0.25, 0.3) is 0 Å². The van der Waals surface area contributed by atoms with Crippen molar-refractivity contribution in [2.75, 3.05) is 0 Å². The Labute approximate surface area is 114 Å². The van der Waals surface area contributed by atoms with Gasteiger partial charge in [0.05, 0.1) is 23.5 Å². The van der Waals surface area contributed by atoms with Crippen LogP contribution in [0.5, 0.6) is 5.75 Å². The van der Waals surface area contributed by atoms with Gasteiger partial charge >= 0.3 is 0 Å². The van der Waals surface area contributed by atoms with Gasteiger partial charge in [-0.3, -0.25) is 4.68 Å². The first-order valence-corrected chi connectivity index (χ1v) is 6.50. The number of para-hydroxylation sites is 1. The van der Waals surface area contributed by atoms with E-state index in [-0.39, 0.29) is 12.1 Å². The predicted octanol–water partition coefficient (Wildman–Crippen LogP) is 2.56. The Morgan fingerprint density at radius 3 is 2.53 bits per heavy atom. The highest BCUT2D eigenvalue weighted by molar-refractivity contribution is 5.40. The monoisotopic (exact) mass is 259 g/mol. The molecule has 2 N–H and O–H groups in total. The van der Waals surface area contributed by atoms with Crippen LogP contribution in [0.3, 0.4) is 0 Å². The third-order valence-electron chi connectivity index (χ3n) is 2.97. The Kier molecular flexibility index (Phi) is 3.90. The fourth-order valence-electron chi connectivity index (χ4n) is 2.18. The van der Waals surface area contributed by atoms with E-state index < -0.39 is 0 Å². The first-order chi connectivity index (χ1) is 8.99. The zero-order valence-corrected chi connectivity index (χ0v) is 11.9. The van der Waals surface area contributed by atoms with Crippen molar-refractivity contribution in [2.24, 2.45) is 12.8 Å². The first kappa shape index (κ1) is 13.6. The van der Waals surface area contributed by atoms with Crippen molar-refractivity contribution in [1.29, 1.82) is 0 Å². The van der Waals surface area contributed by atoms with Crippen LogP contribution in [-0.4, -0.2) is 15.9 Å². The number of ether oxygens (including phenoxy) is 1. The SMILES string of the molecule is Cc1cc(C(N)c2ccccc2OC(C)C)n(C)n1. The predicted molar refractivity (Wildman–Crippen MR) is 76.2 cm³/mol. The molecule has 4 heteroatoms. The summed E-state index contributed by atoms with van der Waals surface area (Å²) in [6.45, 7) is 5.99. The molecule has 0 saturated carbocycles. The fraction of sp³-hybridized carbons (Fsp3) is 0.400. The lowest BCUT2D eigenvalue weighted by Gasteiger charge is -2.18. The van der Waals surface area contributed by atoms with Crippen LogP contribution in [0.4, 0.5) is 0 Å². The van der Waals surface area contributed by atoms with E-state index in [0.717, 1.165) is 22.7 Å². The van der Waals surface area contributed by atoms with Crippen molar-refractivity contribution >= 4 is 0 Å². The van der Waals surface area contributed by atoms with Gasteiger partial charge in [-0.25, -0.2) is 0 Å². The molecule has 0 fully saturated rings. The molecule has 0 bridgehead atoms. The number of hydrogen-bond donors (Lipinski definition) is 1. The normalized spacial score (nSPS) is 12.7. The molecule has 0 saturated heterocycles. The molecule has 1 aromatic carbocycles. The Hall–Kier alpha value is -1.81.